The van der Waals surface area contributed by atoms with Gasteiger partial charge in [-0.2, -0.15) is 11.8 Å². The maximum atomic E-state index is 5.93. The molecule has 0 aliphatic carbocycles. The molecule has 4 heteroatoms. The zero-order chi connectivity index (χ0) is 12.8. The van der Waals surface area contributed by atoms with E-state index in [4.69, 9.17) is 5.73 Å². The highest BCUT2D eigenvalue weighted by Gasteiger charge is 2.19. The summed E-state index contributed by atoms with van der Waals surface area (Å²) in [6.07, 6.45) is 2.14. The van der Waals surface area contributed by atoms with Crippen molar-refractivity contribution in [2.75, 3.05) is 25.6 Å². The van der Waals surface area contributed by atoms with Gasteiger partial charge in [0.25, 0.3) is 0 Å². The molecule has 0 aromatic heterocycles. The molecule has 0 fully saturated rings. The van der Waals surface area contributed by atoms with Crippen molar-refractivity contribution < 1.29 is 0 Å². The monoisotopic (exact) mass is 316 g/mol. The molecule has 0 amide bonds. The van der Waals surface area contributed by atoms with Crippen LogP contribution in [0.2, 0.25) is 0 Å². The van der Waals surface area contributed by atoms with Crippen LogP contribution in [0.25, 0.3) is 0 Å². The Morgan fingerprint density at radius 1 is 1.47 bits per heavy atom. The van der Waals surface area contributed by atoms with Crippen LogP contribution in [0.4, 0.5) is 0 Å². The third kappa shape index (κ3) is 4.28. The third-order valence-corrected chi connectivity index (χ3v) is 4.36. The maximum absolute atomic E-state index is 5.93. The number of nitrogens with zero attached hydrogens (tertiary/aromatic N) is 1. The lowest BCUT2D eigenvalue weighted by Crippen LogP contribution is -2.38. The van der Waals surface area contributed by atoms with Crippen LogP contribution in [-0.4, -0.2) is 36.5 Å². The summed E-state index contributed by atoms with van der Waals surface area (Å²) in [6, 6.07) is 9.22. The average Bonchev–Trinajstić information content (AvgIpc) is 2.30. The smallest absolute Gasteiger partial charge is 0.0470 e. The minimum Gasteiger partial charge on any atom is -0.329 e. The van der Waals surface area contributed by atoms with E-state index in [0.717, 1.165) is 10.2 Å². The lowest BCUT2D eigenvalue weighted by Gasteiger charge is -2.32. The highest BCUT2D eigenvalue weighted by Crippen LogP contribution is 2.24. The Balaban J connectivity index is 2.83. The quantitative estimate of drug-likeness (QED) is 0.874. The predicted molar refractivity (Wildman–Crippen MR) is 81.5 cm³/mol. The Morgan fingerprint density at radius 3 is 2.71 bits per heavy atom. The summed E-state index contributed by atoms with van der Waals surface area (Å²) in [7, 11) is 2.15. The van der Waals surface area contributed by atoms with Gasteiger partial charge in [0.15, 0.2) is 0 Å². The summed E-state index contributed by atoms with van der Waals surface area (Å²) in [4.78, 5) is 2.36. The summed E-state index contributed by atoms with van der Waals surface area (Å²) in [5.41, 5.74) is 7.20. The standard InChI is InChI=1S/C13H21BrN2S/c1-10(9-17-3)16(2)13(8-15)11-5-4-6-12(14)7-11/h4-7,10,13H,8-9,15H2,1-3H3. The number of thioether (sulfide) groups is 1. The number of rotatable bonds is 6. The molecule has 2 unspecified atom stereocenters. The Morgan fingerprint density at radius 2 is 2.18 bits per heavy atom. The fourth-order valence-electron chi connectivity index (χ4n) is 1.92. The number of nitrogens with two attached hydrogens (primary N) is 1. The van der Waals surface area contributed by atoms with Crippen LogP contribution in [0.1, 0.15) is 18.5 Å². The first-order valence-corrected chi connectivity index (χ1v) is 7.95. The van der Waals surface area contributed by atoms with Gasteiger partial charge in [-0.25, -0.2) is 0 Å². The maximum Gasteiger partial charge on any atom is 0.0470 e. The molecular weight excluding hydrogens is 296 g/mol. The fourth-order valence-corrected chi connectivity index (χ4v) is 3.05. The van der Waals surface area contributed by atoms with E-state index in [0.29, 0.717) is 12.6 Å². The van der Waals surface area contributed by atoms with Gasteiger partial charge in [-0.05, 0) is 37.9 Å². The molecule has 1 aromatic rings. The average molecular weight is 317 g/mol. The second-order valence-electron chi connectivity index (χ2n) is 4.28. The molecule has 0 aliphatic heterocycles. The van der Waals surface area contributed by atoms with Gasteiger partial charge >= 0.3 is 0 Å². The number of likely N-dealkylation sites (N-methyl/N-ethyl adjacent to an activating group) is 1. The minimum atomic E-state index is 0.287. The van der Waals surface area contributed by atoms with E-state index in [-0.39, 0.29) is 6.04 Å². The van der Waals surface area contributed by atoms with E-state index < -0.39 is 0 Å². The molecule has 0 radical (unpaired) electrons. The summed E-state index contributed by atoms with van der Waals surface area (Å²) < 4.78 is 1.11. The van der Waals surface area contributed by atoms with Crippen molar-refractivity contribution in [3.05, 3.63) is 34.3 Å². The van der Waals surface area contributed by atoms with E-state index in [1.807, 2.05) is 17.8 Å². The van der Waals surface area contributed by atoms with Gasteiger partial charge in [0, 0.05) is 28.9 Å². The van der Waals surface area contributed by atoms with E-state index in [1.54, 1.807) is 0 Å². The lowest BCUT2D eigenvalue weighted by molar-refractivity contribution is 0.204. The largest absolute Gasteiger partial charge is 0.329 e. The van der Waals surface area contributed by atoms with Crippen LogP contribution in [0, 0.1) is 0 Å². The summed E-state index contributed by atoms with van der Waals surface area (Å²) in [6.45, 7) is 2.89. The fraction of sp³-hybridized carbons (Fsp3) is 0.538. The first-order chi connectivity index (χ1) is 8.10. The lowest BCUT2D eigenvalue weighted by atomic mass is 10.0. The molecule has 17 heavy (non-hydrogen) atoms. The van der Waals surface area contributed by atoms with E-state index in [2.05, 4.69) is 59.3 Å². The molecule has 0 aliphatic rings. The van der Waals surface area contributed by atoms with Gasteiger partial charge in [0.2, 0.25) is 0 Å². The number of hydrogen-bond donors (Lipinski definition) is 1. The molecule has 0 heterocycles. The second-order valence-corrected chi connectivity index (χ2v) is 6.10. The zero-order valence-electron chi connectivity index (χ0n) is 10.7. The van der Waals surface area contributed by atoms with E-state index in [1.165, 1.54) is 5.56 Å². The molecule has 0 bridgehead atoms. The third-order valence-electron chi connectivity index (χ3n) is 3.05. The van der Waals surface area contributed by atoms with Gasteiger partial charge in [-0.15, -0.1) is 0 Å². The number of hydrogen-bond acceptors (Lipinski definition) is 3. The predicted octanol–water partition coefficient (Wildman–Crippen LogP) is 3.13. The normalized spacial score (nSPS) is 14.9. The van der Waals surface area contributed by atoms with Gasteiger partial charge < -0.3 is 5.73 Å². The number of benzene rings is 1. The van der Waals surface area contributed by atoms with Crippen molar-refractivity contribution in [3.8, 4) is 0 Å². The van der Waals surface area contributed by atoms with Crippen LogP contribution in [-0.2, 0) is 0 Å². The van der Waals surface area contributed by atoms with Crippen molar-refractivity contribution >= 4 is 27.7 Å². The second kappa shape index (κ2) is 7.41. The number of halogens is 1. The molecule has 96 valence electrons. The molecule has 0 spiro atoms. The Hall–Kier alpha value is -0.0300. The summed E-state index contributed by atoms with van der Waals surface area (Å²) in [5.74, 6) is 1.13. The SMILES string of the molecule is CSCC(C)N(C)C(CN)c1cccc(Br)c1. The first-order valence-electron chi connectivity index (χ1n) is 5.76. The zero-order valence-corrected chi connectivity index (χ0v) is 13.1. The minimum absolute atomic E-state index is 0.287. The van der Waals surface area contributed by atoms with Crippen LogP contribution >= 0.6 is 27.7 Å². The van der Waals surface area contributed by atoms with Gasteiger partial charge in [0.1, 0.15) is 0 Å². The van der Waals surface area contributed by atoms with Gasteiger partial charge in [0.05, 0.1) is 0 Å². The molecule has 2 nitrogen and oxygen atoms in total. The van der Waals surface area contributed by atoms with Crippen LogP contribution in [0.15, 0.2) is 28.7 Å². The van der Waals surface area contributed by atoms with Crippen molar-refractivity contribution in [1.82, 2.24) is 4.90 Å². The van der Waals surface area contributed by atoms with E-state index in [9.17, 15) is 0 Å². The van der Waals surface area contributed by atoms with Crippen molar-refractivity contribution in [2.24, 2.45) is 5.73 Å². The van der Waals surface area contributed by atoms with Gasteiger partial charge in [-0.3, -0.25) is 4.90 Å². The molecule has 2 atom stereocenters. The Bertz CT molecular complexity index is 346. The molecule has 0 saturated carbocycles. The van der Waals surface area contributed by atoms with Gasteiger partial charge in [-0.1, -0.05) is 28.1 Å². The molecule has 1 aromatic carbocycles. The molecule has 2 N–H and O–H groups in total. The topological polar surface area (TPSA) is 29.3 Å². The molecule has 1 rings (SSSR count). The summed E-state index contributed by atoms with van der Waals surface area (Å²) in [5, 5.41) is 0. The van der Waals surface area contributed by atoms with Crippen LogP contribution < -0.4 is 5.73 Å². The first kappa shape index (κ1) is 15.0. The molecule has 0 saturated heterocycles. The van der Waals surface area contributed by atoms with Crippen LogP contribution in [0.5, 0.6) is 0 Å². The van der Waals surface area contributed by atoms with Crippen LogP contribution in [0.3, 0.4) is 0 Å². The molecular formula is C13H21BrN2S. The van der Waals surface area contributed by atoms with E-state index >= 15 is 0 Å². The Kier molecular flexibility index (Phi) is 6.55. The van der Waals surface area contributed by atoms with Crippen molar-refractivity contribution in [3.63, 3.8) is 0 Å². The summed E-state index contributed by atoms with van der Waals surface area (Å²) >= 11 is 5.39. The van der Waals surface area contributed by atoms with Crippen molar-refractivity contribution in [1.29, 1.82) is 0 Å². The highest BCUT2D eigenvalue weighted by molar-refractivity contribution is 9.10. The highest BCUT2D eigenvalue weighted by atomic mass is 79.9. The Labute approximate surface area is 117 Å². The van der Waals surface area contributed by atoms with Crippen molar-refractivity contribution in [2.45, 2.75) is 19.0 Å².